The maximum atomic E-state index is 12.7. The van der Waals surface area contributed by atoms with E-state index in [9.17, 15) is 16.8 Å². The number of hydrogen-bond donors (Lipinski definition) is 0. The Balaban J connectivity index is 1.90. The van der Waals surface area contributed by atoms with E-state index >= 15 is 0 Å². The van der Waals surface area contributed by atoms with Crippen LogP contribution in [-0.2, 0) is 29.1 Å². The molecule has 0 aliphatic carbocycles. The molecule has 6 nitrogen and oxygen atoms in total. The summed E-state index contributed by atoms with van der Waals surface area (Å²) in [5.74, 6) is -2.82. The molecule has 1 aliphatic heterocycles. The van der Waals surface area contributed by atoms with E-state index in [2.05, 4.69) is 0 Å². The molecular formula is C17H18O6S2. The van der Waals surface area contributed by atoms with Crippen molar-refractivity contribution in [3.8, 4) is 0 Å². The highest BCUT2D eigenvalue weighted by Gasteiger charge is 2.45. The predicted octanol–water partition coefficient (Wildman–Crippen LogP) is 1.68. The van der Waals surface area contributed by atoms with Crippen molar-refractivity contribution in [2.45, 2.75) is 15.6 Å². The van der Waals surface area contributed by atoms with E-state index in [0.29, 0.717) is 0 Å². The summed E-state index contributed by atoms with van der Waals surface area (Å²) in [6.07, 6.45) is 0. The zero-order valence-electron chi connectivity index (χ0n) is 13.4. The molecule has 0 unspecified atom stereocenters. The van der Waals surface area contributed by atoms with E-state index < -0.39 is 37.0 Å². The van der Waals surface area contributed by atoms with Gasteiger partial charge in [0.05, 0.1) is 23.0 Å². The number of sulfone groups is 2. The fraction of sp³-hybridized carbons (Fsp3) is 0.294. The fourth-order valence-corrected chi connectivity index (χ4v) is 6.01. The van der Waals surface area contributed by atoms with Crippen LogP contribution in [0.3, 0.4) is 0 Å². The average molecular weight is 382 g/mol. The second kappa shape index (κ2) is 6.87. The zero-order chi connectivity index (χ0) is 18.0. The van der Waals surface area contributed by atoms with Gasteiger partial charge in [0.2, 0.25) is 0 Å². The summed E-state index contributed by atoms with van der Waals surface area (Å²) in [4.78, 5) is 0.205. The summed E-state index contributed by atoms with van der Waals surface area (Å²) in [7, 11) is -7.54. The average Bonchev–Trinajstić information content (AvgIpc) is 3.03. The molecule has 0 saturated carbocycles. The van der Waals surface area contributed by atoms with Crippen molar-refractivity contribution in [3.05, 3.63) is 60.7 Å². The Hall–Kier alpha value is -1.74. The van der Waals surface area contributed by atoms with E-state index in [0.717, 1.165) is 0 Å². The highest BCUT2D eigenvalue weighted by molar-refractivity contribution is 7.92. The van der Waals surface area contributed by atoms with Crippen LogP contribution in [0.25, 0.3) is 0 Å². The molecule has 0 radical (unpaired) electrons. The molecule has 0 atom stereocenters. The van der Waals surface area contributed by atoms with Crippen molar-refractivity contribution in [1.82, 2.24) is 0 Å². The number of benzene rings is 2. The summed E-state index contributed by atoms with van der Waals surface area (Å²) in [6, 6.07) is 15.7. The number of rotatable bonds is 6. The molecule has 134 valence electrons. The molecule has 0 amide bonds. The Morgan fingerprint density at radius 2 is 1.04 bits per heavy atom. The Labute approximate surface area is 147 Å². The van der Waals surface area contributed by atoms with Crippen LogP contribution in [0, 0.1) is 0 Å². The summed E-state index contributed by atoms with van der Waals surface area (Å²) in [6.45, 7) is 0.295. The molecule has 0 bridgehead atoms. The van der Waals surface area contributed by atoms with Crippen LogP contribution in [0.15, 0.2) is 70.5 Å². The van der Waals surface area contributed by atoms with Gasteiger partial charge in [0.15, 0.2) is 25.5 Å². The van der Waals surface area contributed by atoms with Crippen molar-refractivity contribution in [2.24, 2.45) is 0 Å². The summed E-state index contributed by atoms with van der Waals surface area (Å²) >= 11 is 0. The van der Waals surface area contributed by atoms with Crippen LogP contribution >= 0.6 is 0 Å². The normalized spacial score (nSPS) is 17.4. The second-order valence-corrected chi connectivity index (χ2v) is 9.73. The van der Waals surface area contributed by atoms with Gasteiger partial charge in [0, 0.05) is 0 Å². The first-order valence-corrected chi connectivity index (χ1v) is 11.0. The Bertz CT molecular complexity index is 842. The second-order valence-electron chi connectivity index (χ2n) is 5.75. The smallest absolute Gasteiger partial charge is 0.197 e. The third-order valence-electron chi connectivity index (χ3n) is 3.84. The van der Waals surface area contributed by atoms with Gasteiger partial charge in [-0.15, -0.1) is 0 Å². The van der Waals surface area contributed by atoms with Gasteiger partial charge in [0.1, 0.15) is 11.5 Å². The highest BCUT2D eigenvalue weighted by Crippen LogP contribution is 2.28. The molecule has 1 fully saturated rings. The number of ether oxygens (including phenoxy) is 2. The molecule has 0 aromatic heterocycles. The first-order chi connectivity index (χ1) is 11.8. The van der Waals surface area contributed by atoms with Gasteiger partial charge in [0.25, 0.3) is 0 Å². The highest BCUT2D eigenvalue weighted by atomic mass is 32.2. The molecule has 25 heavy (non-hydrogen) atoms. The maximum absolute atomic E-state index is 12.7. The van der Waals surface area contributed by atoms with Crippen LogP contribution in [-0.4, -0.2) is 47.3 Å². The lowest BCUT2D eigenvalue weighted by molar-refractivity contribution is -0.119. The van der Waals surface area contributed by atoms with Crippen molar-refractivity contribution < 1.29 is 26.3 Å². The zero-order valence-corrected chi connectivity index (χ0v) is 15.0. The molecule has 1 heterocycles. The van der Waals surface area contributed by atoms with Crippen LogP contribution in [0.4, 0.5) is 0 Å². The quantitative estimate of drug-likeness (QED) is 0.755. The molecule has 2 aromatic rings. The minimum absolute atomic E-state index is 0.102. The molecule has 0 N–H and O–H groups in total. The van der Waals surface area contributed by atoms with E-state index in [4.69, 9.17) is 9.47 Å². The predicted molar refractivity (Wildman–Crippen MR) is 91.6 cm³/mol. The number of hydrogen-bond acceptors (Lipinski definition) is 6. The van der Waals surface area contributed by atoms with Gasteiger partial charge in [-0.05, 0) is 24.3 Å². The third kappa shape index (κ3) is 4.09. The standard InChI is InChI=1S/C17H18O6S2/c18-24(19,15-7-3-1-4-8-15)13-17(22-11-12-23-17)14-25(20,21)16-9-5-2-6-10-16/h1-10H,11-14H2. The molecule has 1 saturated heterocycles. The molecular weight excluding hydrogens is 364 g/mol. The summed E-state index contributed by atoms with van der Waals surface area (Å²) in [5.41, 5.74) is 0. The van der Waals surface area contributed by atoms with Crippen molar-refractivity contribution in [3.63, 3.8) is 0 Å². The first-order valence-electron chi connectivity index (χ1n) is 7.67. The van der Waals surface area contributed by atoms with Crippen LogP contribution < -0.4 is 0 Å². The van der Waals surface area contributed by atoms with E-state index in [1.54, 1.807) is 36.4 Å². The fourth-order valence-electron chi connectivity index (χ4n) is 2.71. The van der Waals surface area contributed by atoms with E-state index in [1.807, 2.05) is 0 Å². The molecule has 3 rings (SSSR count). The van der Waals surface area contributed by atoms with Crippen molar-refractivity contribution >= 4 is 19.7 Å². The molecule has 8 heteroatoms. The van der Waals surface area contributed by atoms with Crippen molar-refractivity contribution in [2.75, 3.05) is 24.7 Å². The largest absolute Gasteiger partial charge is 0.345 e. The Morgan fingerprint density at radius 1 is 0.680 bits per heavy atom. The van der Waals surface area contributed by atoms with E-state index in [-0.39, 0.29) is 23.0 Å². The Kier molecular flexibility index (Phi) is 4.97. The first kappa shape index (κ1) is 18.1. The Morgan fingerprint density at radius 3 is 1.40 bits per heavy atom. The lowest BCUT2D eigenvalue weighted by Crippen LogP contribution is -2.44. The van der Waals surface area contributed by atoms with Gasteiger partial charge in [-0.25, -0.2) is 16.8 Å². The minimum atomic E-state index is -3.77. The van der Waals surface area contributed by atoms with Gasteiger partial charge >= 0.3 is 0 Å². The van der Waals surface area contributed by atoms with Crippen LogP contribution in [0.5, 0.6) is 0 Å². The SMILES string of the molecule is O=S(=O)(CC1(CS(=O)(=O)c2ccccc2)OCCO1)c1ccccc1. The monoisotopic (exact) mass is 382 g/mol. The molecule has 1 aliphatic rings. The van der Waals surface area contributed by atoms with Crippen LogP contribution in [0.2, 0.25) is 0 Å². The van der Waals surface area contributed by atoms with Gasteiger partial charge in [-0.3, -0.25) is 0 Å². The van der Waals surface area contributed by atoms with Crippen LogP contribution in [0.1, 0.15) is 0 Å². The summed E-state index contributed by atoms with van der Waals surface area (Å²) < 4.78 is 61.6. The maximum Gasteiger partial charge on any atom is 0.197 e. The minimum Gasteiger partial charge on any atom is -0.345 e. The summed E-state index contributed by atoms with van der Waals surface area (Å²) in [5, 5.41) is 0. The van der Waals surface area contributed by atoms with Gasteiger partial charge in [-0.2, -0.15) is 0 Å². The lowest BCUT2D eigenvalue weighted by atomic mass is 10.4. The van der Waals surface area contributed by atoms with E-state index in [1.165, 1.54) is 24.3 Å². The van der Waals surface area contributed by atoms with Gasteiger partial charge < -0.3 is 9.47 Å². The lowest BCUT2D eigenvalue weighted by Gasteiger charge is -2.26. The van der Waals surface area contributed by atoms with Gasteiger partial charge in [-0.1, -0.05) is 36.4 Å². The molecule has 2 aromatic carbocycles. The third-order valence-corrected chi connectivity index (χ3v) is 7.46. The topological polar surface area (TPSA) is 86.7 Å². The van der Waals surface area contributed by atoms with Crippen molar-refractivity contribution in [1.29, 1.82) is 0 Å². The molecule has 0 spiro atoms.